The van der Waals surface area contributed by atoms with Crippen LogP contribution in [0.4, 0.5) is 0 Å². The first kappa shape index (κ1) is 19.8. The van der Waals surface area contributed by atoms with Crippen LogP contribution in [0.1, 0.15) is 41.0 Å². The lowest BCUT2D eigenvalue weighted by molar-refractivity contribution is -0.203. The fourth-order valence-electron chi connectivity index (χ4n) is 3.32. The number of methoxy groups -OCH3 is 1. The highest BCUT2D eigenvalue weighted by molar-refractivity contribution is 5.00. The summed E-state index contributed by atoms with van der Waals surface area (Å²) in [7, 11) is 3.69. The Balaban J connectivity index is 2.58. The molecule has 0 aromatic rings. The van der Waals surface area contributed by atoms with Crippen molar-refractivity contribution >= 4 is 0 Å². The number of likely N-dealkylation sites (N-methyl/N-ethyl adjacent to an activating group) is 1. The topological polar surface area (TPSA) is 51.2 Å². The summed E-state index contributed by atoms with van der Waals surface area (Å²) in [5.74, 6) is 0. The molecule has 0 aliphatic carbocycles. The lowest BCUT2D eigenvalue weighted by Gasteiger charge is -2.51. The third kappa shape index (κ3) is 5.46. The summed E-state index contributed by atoms with van der Waals surface area (Å²) in [4.78, 5) is 2.15. The van der Waals surface area contributed by atoms with Crippen molar-refractivity contribution in [1.29, 1.82) is 0 Å². The number of hydrogen-bond acceptors (Lipinski definition) is 5. The van der Waals surface area contributed by atoms with E-state index in [1.165, 1.54) is 0 Å². The van der Waals surface area contributed by atoms with Crippen LogP contribution in [0.15, 0.2) is 0 Å². The third-order valence-electron chi connectivity index (χ3n) is 4.52. The Labute approximate surface area is 135 Å². The molecule has 5 heteroatoms. The van der Waals surface area contributed by atoms with Crippen LogP contribution in [0.25, 0.3) is 0 Å². The van der Waals surface area contributed by atoms with Gasteiger partial charge in [-0.3, -0.25) is 4.90 Å². The standard InChI is InChI=1S/C17H35NO4/c1-13-15(18(6)8-9-21-11-10-20-7)17(5,19)12-14(22-13)16(2,3)4/h13-15,19H,8-12H2,1-7H3. The Bertz CT molecular complexity index is 327. The van der Waals surface area contributed by atoms with Crippen molar-refractivity contribution < 1.29 is 19.3 Å². The molecule has 1 saturated heterocycles. The molecular formula is C17H35NO4. The zero-order valence-corrected chi connectivity index (χ0v) is 15.4. The molecule has 0 spiro atoms. The average Bonchev–Trinajstić information content (AvgIpc) is 2.35. The third-order valence-corrected chi connectivity index (χ3v) is 4.52. The van der Waals surface area contributed by atoms with E-state index in [-0.39, 0.29) is 23.7 Å². The normalized spacial score (nSPS) is 33.4. The van der Waals surface area contributed by atoms with E-state index < -0.39 is 5.60 Å². The van der Waals surface area contributed by atoms with Gasteiger partial charge in [0.05, 0.1) is 43.7 Å². The molecule has 1 heterocycles. The minimum absolute atomic E-state index is 0.0167. The molecule has 4 unspecified atom stereocenters. The van der Waals surface area contributed by atoms with Crippen LogP contribution >= 0.6 is 0 Å². The zero-order valence-electron chi connectivity index (χ0n) is 15.4. The van der Waals surface area contributed by atoms with Crippen LogP contribution < -0.4 is 0 Å². The van der Waals surface area contributed by atoms with E-state index in [0.717, 1.165) is 6.54 Å². The molecular weight excluding hydrogens is 282 g/mol. The van der Waals surface area contributed by atoms with Gasteiger partial charge in [0.15, 0.2) is 0 Å². The second-order valence-corrected chi connectivity index (χ2v) is 7.79. The summed E-state index contributed by atoms with van der Waals surface area (Å²) >= 11 is 0. The number of aliphatic hydroxyl groups is 1. The number of rotatable bonds is 7. The quantitative estimate of drug-likeness (QED) is 0.727. The molecule has 1 aliphatic rings. The average molecular weight is 317 g/mol. The molecule has 0 saturated carbocycles. The van der Waals surface area contributed by atoms with Gasteiger partial charge in [-0.05, 0) is 26.3 Å². The molecule has 0 aromatic heterocycles. The molecule has 5 nitrogen and oxygen atoms in total. The van der Waals surface area contributed by atoms with E-state index in [4.69, 9.17) is 14.2 Å². The van der Waals surface area contributed by atoms with Crippen molar-refractivity contribution in [2.45, 2.75) is 64.9 Å². The fourth-order valence-corrected chi connectivity index (χ4v) is 3.32. The van der Waals surface area contributed by atoms with Crippen molar-refractivity contribution in [3.63, 3.8) is 0 Å². The van der Waals surface area contributed by atoms with E-state index in [9.17, 15) is 5.11 Å². The summed E-state index contributed by atoms with van der Waals surface area (Å²) in [6.07, 6.45) is 0.706. The molecule has 0 bridgehead atoms. The first-order valence-corrected chi connectivity index (χ1v) is 8.24. The monoisotopic (exact) mass is 317 g/mol. The van der Waals surface area contributed by atoms with Gasteiger partial charge in [-0.15, -0.1) is 0 Å². The second-order valence-electron chi connectivity index (χ2n) is 7.79. The Morgan fingerprint density at radius 3 is 2.41 bits per heavy atom. The molecule has 132 valence electrons. The van der Waals surface area contributed by atoms with Gasteiger partial charge in [-0.25, -0.2) is 0 Å². The predicted octanol–water partition coefficient (Wildman–Crippen LogP) is 1.92. The van der Waals surface area contributed by atoms with Crippen LogP contribution in [-0.4, -0.2) is 74.4 Å². The molecule has 1 aliphatic heterocycles. The van der Waals surface area contributed by atoms with Crippen LogP contribution in [0.5, 0.6) is 0 Å². The maximum Gasteiger partial charge on any atom is 0.0824 e. The molecule has 1 fully saturated rings. The molecule has 0 aromatic carbocycles. The Morgan fingerprint density at radius 2 is 1.91 bits per heavy atom. The maximum absolute atomic E-state index is 11.0. The summed E-state index contributed by atoms with van der Waals surface area (Å²) < 4.78 is 16.7. The Morgan fingerprint density at radius 1 is 1.27 bits per heavy atom. The van der Waals surface area contributed by atoms with E-state index in [1.807, 2.05) is 14.0 Å². The van der Waals surface area contributed by atoms with Crippen molar-refractivity contribution in [3.8, 4) is 0 Å². The van der Waals surface area contributed by atoms with Gasteiger partial charge in [0, 0.05) is 20.1 Å². The van der Waals surface area contributed by atoms with E-state index >= 15 is 0 Å². The van der Waals surface area contributed by atoms with E-state index in [2.05, 4.69) is 32.6 Å². The van der Waals surface area contributed by atoms with Gasteiger partial charge in [0.25, 0.3) is 0 Å². The highest BCUT2D eigenvalue weighted by atomic mass is 16.5. The van der Waals surface area contributed by atoms with Gasteiger partial charge in [0.2, 0.25) is 0 Å². The molecule has 4 atom stereocenters. The minimum Gasteiger partial charge on any atom is -0.388 e. The summed E-state index contributed by atoms with van der Waals surface area (Å²) in [6, 6.07) is -0.0304. The first-order valence-electron chi connectivity index (χ1n) is 8.24. The summed E-state index contributed by atoms with van der Waals surface area (Å²) in [6.45, 7) is 13.1. The van der Waals surface area contributed by atoms with Crippen molar-refractivity contribution in [3.05, 3.63) is 0 Å². The molecule has 1 rings (SSSR count). The molecule has 0 amide bonds. The van der Waals surface area contributed by atoms with Crippen LogP contribution in [0, 0.1) is 5.41 Å². The highest BCUT2D eigenvalue weighted by Crippen LogP contribution is 2.38. The molecule has 1 N–H and O–H groups in total. The maximum atomic E-state index is 11.0. The Hall–Kier alpha value is -0.200. The number of hydrogen-bond donors (Lipinski definition) is 1. The van der Waals surface area contributed by atoms with Crippen molar-refractivity contribution in [2.24, 2.45) is 5.41 Å². The zero-order chi connectivity index (χ0) is 17.0. The van der Waals surface area contributed by atoms with Gasteiger partial charge in [0.1, 0.15) is 0 Å². The smallest absolute Gasteiger partial charge is 0.0824 e. The van der Waals surface area contributed by atoms with Crippen LogP contribution in [-0.2, 0) is 14.2 Å². The van der Waals surface area contributed by atoms with Gasteiger partial charge < -0.3 is 19.3 Å². The predicted molar refractivity (Wildman–Crippen MR) is 88.1 cm³/mol. The lowest BCUT2D eigenvalue weighted by Crippen LogP contribution is -2.63. The largest absolute Gasteiger partial charge is 0.388 e. The Kier molecular flexibility index (Phi) is 7.27. The van der Waals surface area contributed by atoms with Crippen molar-refractivity contribution in [2.75, 3.05) is 40.5 Å². The molecule has 22 heavy (non-hydrogen) atoms. The highest BCUT2D eigenvalue weighted by Gasteiger charge is 2.48. The fraction of sp³-hybridized carbons (Fsp3) is 1.00. The van der Waals surface area contributed by atoms with Crippen molar-refractivity contribution in [1.82, 2.24) is 4.90 Å². The SMILES string of the molecule is COCCOCCN(C)C1C(C)OC(C(C)(C)C)CC1(C)O. The first-order chi connectivity index (χ1) is 10.1. The number of nitrogens with zero attached hydrogens (tertiary/aromatic N) is 1. The van der Waals surface area contributed by atoms with E-state index in [0.29, 0.717) is 26.2 Å². The number of ether oxygens (including phenoxy) is 3. The minimum atomic E-state index is -0.767. The van der Waals surface area contributed by atoms with Crippen LogP contribution in [0.2, 0.25) is 0 Å². The van der Waals surface area contributed by atoms with Crippen LogP contribution in [0.3, 0.4) is 0 Å². The van der Waals surface area contributed by atoms with E-state index in [1.54, 1.807) is 7.11 Å². The second kappa shape index (κ2) is 8.06. The van der Waals surface area contributed by atoms with Gasteiger partial charge in [-0.2, -0.15) is 0 Å². The van der Waals surface area contributed by atoms with Gasteiger partial charge >= 0.3 is 0 Å². The lowest BCUT2D eigenvalue weighted by atomic mass is 9.75. The summed E-state index contributed by atoms with van der Waals surface area (Å²) in [5.41, 5.74) is -0.734. The summed E-state index contributed by atoms with van der Waals surface area (Å²) in [5, 5.41) is 11.0. The van der Waals surface area contributed by atoms with Gasteiger partial charge in [-0.1, -0.05) is 20.8 Å². The molecule has 0 radical (unpaired) electrons.